The van der Waals surface area contributed by atoms with E-state index >= 15 is 0 Å². The predicted octanol–water partition coefficient (Wildman–Crippen LogP) is 0.602. The van der Waals surface area contributed by atoms with Crippen molar-refractivity contribution in [2.45, 2.75) is 38.2 Å². The summed E-state index contributed by atoms with van der Waals surface area (Å²) in [6.07, 6.45) is 5.41. The molecule has 1 unspecified atom stereocenters. The molecule has 82 valence electrons. The Balaban J connectivity index is 2.03. The minimum Gasteiger partial charge on any atom is -0.480 e. The number of aliphatic hydroxyl groups is 1. The van der Waals surface area contributed by atoms with E-state index in [0.717, 1.165) is 6.42 Å². The summed E-state index contributed by atoms with van der Waals surface area (Å²) in [5.41, 5.74) is 0. The molecule has 3 N–H and O–H groups in total. The molecule has 0 aliphatic heterocycles. The Morgan fingerprint density at radius 1 is 1.43 bits per heavy atom. The van der Waals surface area contributed by atoms with Gasteiger partial charge in [-0.1, -0.05) is 25.7 Å². The fraction of sp³-hybridized carbons (Fsp3) is 0.900. The van der Waals surface area contributed by atoms with E-state index < -0.39 is 12.1 Å². The van der Waals surface area contributed by atoms with E-state index in [-0.39, 0.29) is 6.54 Å². The van der Waals surface area contributed by atoms with Gasteiger partial charge in [-0.3, -0.25) is 4.79 Å². The second-order valence-corrected chi connectivity index (χ2v) is 4.06. The van der Waals surface area contributed by atoms with Gasteiger partial charge in [0.25, 0.3) is 0 Å². The van der Waals surface area contributed by atoms with Crippen LogP contribution in [0.1, 0.15) is 32.1 Å². The maximum Gasteiger partial charge on any atom is 0.317 e. The lowest BCUT2D eigenvalue weighted by atomic mass is 10.0. The third-order valence-corrected chi connectivity index (χ3v) is 2.74. The summed E-state index contributed by atoms with van der Waals surface area (Å²) >= 11 is 0. The molecule has 0 heterocycles. The van der Waals surface area contributed by atoms with E-state index in [1.807, 2.05) is 0 Å². The van der Waals surface area contributed by atoms with Gasteiger partial charge >= 0.3 is 5.97 Å². The summed E-state index contributed by atoms with van der Waals surface area (Å²) in [5.74, 6) is -0.227. The fourth-order valence-corrected chi connectivity index (χ4v) is 2.06. The average molecular weight is 201 g/mol. The van der Waals surface area contributed by atoms with Crippen LogP contribution in [0.5, 0.6) is 0 Å². The molecule has 0 radical (unpaired) electrons. The molecule has 1 aliphatic rings. The summed E-state index contributed by atoms with van der Waals surface area (Å²) < 4.78 is 0. The molecule has 4 heteroatoms. The minimum atomic E-state index is -0.877. The summed E-state index contributed by atoms with van der Waals surface area (Å²) in [6, 6.07) is 0. The van der Waals surface area contributed by atoms with Crippen LogP contribution in [0.15, 0.2) is 0 Å². The molecule has 1 saturated carbocycles. The van der Waals surface area contributed by atoms with Crippen LogP contribution in [0, 0.1) is 5.92 Å². The third-order valence-electron chi connectivity index (χ3n) is 2.74. The van der Waals surface area contributed by atoms with Crippen LogP contribution in [0.4, 0.5) is 0 Å². The van der Waals surface area contributed by atoms with Gasteiger partial charge in [0.1, 0.15) is 0 Å². The van der Waals surface area contributed by atoms with Crippen molar-refractivity contribution in [1.82, 2.24) is 5.32 Å². The number of hydrogen-bond acceptors (Lipinski definition) is 3. The third kappa shape index (κ3) is 4.58. The molecule has 1 rings (SSSR count). The van der Waals surface area contributed by atoms with E-state index in [9.17, 15) is 9.90 Å². The fourth-order valence-electron chi connectivity index (χ4n) is 2.06. The van der Waals surface area contributed by atoms with Gasteiger partial charge in [0.2, 0.25) is 0 Å². The van der Waals surface area contributed by atoms with Crippen molar-refractivity contribution >= 4 is 5.97 Å². The maximum atomic E-state index is 10.2. The van der Waals surface area contributed by atoms with E-state index in [2.05, 4.69) is 5.32 Å². The molecule has 14 heavy (non-hydrogen) atoms. The van der Waals surface area contributed by atoms with Crippen molar-refractivity contribution in [2.24, 2.45) is 5.92 Å². The van der Waals surface area contributed by atoms with Gasteiger partial charge in [-0.05, 0) is 12.3 Å². The van der Waals surface area contributed by atoms with Gasteiger partial charge in [0.05, 0.1) is 12.6 Å². The summed E-state index contributed by atoms with van der Waals surface area (Å²) in [6.45, 7) is 0.324. The smallest absolute Gasteiger partial charge is 0.317 e. The van der Waals surface area contributed by atoms with Crippen molar-refractivity contribution in [3.63, 3.8) is 0 Å². The number of carbonyl (C=O) groups is 1. The van der Waals surface area contributed by atoms with Crippen LogP contribution in [0.25, 0.3) is 0 Å². The molecule has 0 aromatic rings. The monoisotopic (exact) mass is 201 g/mol. The molecule has 0 aromatic carbocycles. The zero-order valence-corrected chi connectivity index (χ0v) is 8.41. The lowest BCUT2D eigenvalue weighted by Crippen LogP contribution is -2.31. The highest BCUT2D eigenvalue weighted by atomic mass is 16.4. The van der Waals surface area contributed by atoms with E-state index in [4.69, 9.17) is 5.11 Å². The van der Waals surface area contributed by atoms with Crippen LogP contribution >= 0.6 is 0 Å². The Bertz CT molecular complexity index is 178. The molecular formula is C10H19NO3. The maximum absolute atomic E-state index is 10.2. The molecule has 4 nitrogen and oxygen atoms in total. The van der Waals surface area contributed by atoms with Crippen molar-refractivity contribution in [1.29, 1.82) is 0 Å². The highest BCUT2D eigenvalue weighted by Crippen LogP contribution is 2.28. The number of hydrogen-bond donors (Lipinski definition) is 3. The van der Waals surface area contributed by atoms with Gasteiger partial charge in [0, 0.05) is 6.54 Å². The van der Waals surface area contributed by atoms with Crippen LogP contribution in [-0.2, 0) is 4.79 Å². The van der Waals surface area contributed by atoms with Crippen LogP contribution in [0.3, 0.4) is 0 Å². The molecule has 0 amide bonds. The van der Waals surface area contributed by atoms with Crippen molar-refractivity contribution < 1.29 is 15.0 Å². The zero-order valence-electron chi connectivity index (χ0n) is 8.41. The summed E-state index contributed by atoms with van der Waals surface area (Å²) in [7, 11) is 0. The normalized spacial score (nSPS) is 19.8. The zero-order chi connectivity index (χ0) is 10.4. The van der Waals surface area contributed by atoms with Crippen molar-refractivity contribution in [3.05, 3.63) is 0 Å². The standard InChI is InChI=1S/C10H19NO3/c12-9(6-11-7-10(13)14)5-8-3-1-2-4-8/h8-9,11-12H,1-7H2,(H,13,14). The second kappa shape index (κ2) is 5.98. The highest BCUT2D eigenvalue weighted by Gasteiger charge is 2.18. The first-order valence-electron chi connectivity index (χ1n) is 5.29. The molecule has 1 fully saturated rings. The Labute approximate surface area is 84.3 Å². The molecule has 0 bridgehead atoms. The Kier molecular flexibility index (Phi) is 4.90. The highest BCUT2D eigenvalue weighted by molar-refractivity contribution is 5.68. The number of aliphatic carboxylic acids is 1. The van der Waals surface area contributed by atoms with E-state index in [1.54, 1.807) is 0 Å². The van der Waals surface area contributed by atoms with Gasteiger partial charge in [-0.2, -0.15) is 0 Å². The Morgan fingerprint density at radius 2 is 2.07 bits per heavy atom. The molecule has 0 aromatic heterocycles. The SMILES string of the molecule is O=C(O)CNCC(O)CC1CCCC1. The lowest BCUT2D eigenvalue weighted by Gasteiger charge is -2.15. The largest absolute Gasteiger partial charge is 0.480 e. The number of aliphatic hydroxyl groups excluding tert-OH is 1. The van der Waals surface area contributed by atoms with Crippen molar-refractivity contribution in [3.8, 4) is 0 Å². The van der Waals surface area contributed by atoms with Crippen molar-refractivity contribution in [2.75, 3.05) is 13.1 Å². The quantitative estimate of drug-likeness (QED) is 0.588. The van der Waals surface area contributed by atoms with Gasteiger partial charge in [-0.25, -0.2) is 0 Å². The first kappa shape index (κ1) is 11.5. The first-order chi connectivity index (χ1) is 6.68. The molecule has 1 atom stereocenters. The van der Waals surface area contributed by atoms with Gasteiger partial charge in [-0.15, -0.1) is 0 Å². The topological polar surface area (TPSA) is 69.6 Å². The minimum absolute atomic E-state index is 0.0677. The number of carboxylic acid groups (broad SMARTS) is 1. The lowest BCUT2D eigenvalue weighted by molar-refractivity contribution is -0.136. The Hall–Kier alpha value is -0.610. The molecule has 1 aliphatic carbocycles. The van der Waals surface area contributed by atoms with Crippen LogP contribution in [0.2, 0.25) is 0 Å². The summed E-state index contributed by atoms with van der Waals surface area (Å²) in [4.78, 5) is 10.2. The number of rotatable bonds is 6. The summed E-state index contributed by atoms with van der Waals surface area (Å²) in [5, 5.41) is 20.6. The number of carboxylic acids is 1. The number of nitrogens with one attached hydrogen (secondary N) is 1. The van der Waals surface area contributed by atoms with Gasteiger partial charge in [0.15, 0.2) is 0 Å². The second-order valence-electron chi connectivity index (χ2n) is 4.06. The average Bonchev–Trinajstić information content (AvgIpc) is 2.56. The van der Waals surface area contributed by atoms with E-state index in [0.29, 0.717) is 12.5 Å². The molecular weight excluding hydrogens is 182 g/mol. The predicted molar refractivity (Wildman–Crippen MR) is 53.1 cm³/mol. The van der Waals surface area contributed by atoms with Crippen LogP contribution < -0.4 is 5.32 Å². The van der Waals surface area contributed by atoms with E-state index in [1.165, 1.54) is 25.7 Å². The Morgan fingerprint density at radius 3 is 2.64 bits per heavy atom. The van der Waals surface area contributed by atoms with Crippen LogP contribution in [-0.4, -0.2) is 35.4 Å². The molecule has 0 saturated heterocycles. The molecule has 0 spiro atoms. The first-order valence-corrected chi connectivity index (χ1v) is 5.29. The van der Waals surface area contributed by atoms with Gasteiger partial charge < -0.3 is 15.5 Å².